The Morgan fingerprint density at radius 3 is 2.55 bits per heavy atom. The average molecular weight is 429 g/mol. The molecular weight excluding hydrogens is 396 g/mol. The Labute approximate surface area is 191 Å². The first-order valence-corrected chi connectivity index (χ1v) is 12.3. The molecule has 0 aromatic heterocycles. The molecule has 0 bridgehead atoms. The molecule has 0 amide bonds. The van der Waals surface area contributed by atoms with Crippen molar-refractivity contribution in [2.45, 2.75) is 63.3 Å². The number of benzene rings is 3. The van der Waals surface area contributed by atoms with E-state index >= 15 is 0 Å². The number of hydrogen-bond donors (Lipinski definition) is 2. The van der Waals surface area contributed by atoms with Crippen LogP contribution in [0.1, 0.15) is 53.0 Å². The fourth-order valence-electron chi connectivity index (χ4n) is 5.31. The molecule has 1 heterocycles. The summed E-state index contributed by atoms with van der Waals surface area (Å²) in [5, 5.41) is 3.92. The van der Waals surface area contributed by atoms with Gasteiger partial charge < -0.3 is 10.0 Å². The zero-order valence-electron chi connectivity index (χ0n) is 18.7. The van der Waals surface area contributed by atoms with E-state index in [0.29, 0.717) is 12.0 Å². The lowest BCUT2D eigenvalue weighted by Gasteiger charge is -2.37. The summed E-state index contributed by atoms with van der Waals surface area (Å²) in [6.07, 6.45) is 5.12. The molecule has 1 fully saturated rings. The fraction of sp³-hybridized carbons (Fsp3) is 0.357. The smallest absolute Gasteiger partial charge is 0.0445 e. The first kappa shape index (κ1) is 20.5. The van der Waals surface area contributed by atoms with Crippen LogP contribution in [0.3, 0.4) is 0 Å². The molecule has 1 saturated carbocycles. The first-order chi connectivity index (χ1) is 15.1. The van der Waals surface area contributed by atoms with Crippen LogP contribution in [-0.2, 0) is 6.42 Å². The molecule has 3 aromatic rings. The van der Waals surface area contributed by atoms with Crippen LogP contribution in [0.5, 0.6) is 0 Å². The van der Waals surface area contributed by atoms with E-state index in [1.165, 1.54) is 63.3 Å². The van der Waals surface area contributed by atoms with Crippen molar-refractivity contribution in [1.29, 1.82) is 0 Å². The minimum absolute atomic E-state index is 0.537. The van der Waals surface area contributed by atoms with Crippen molar-refractivity contribution in [2.24, 2.45) is 5.92 Å². The van der Waals surface area contributed by atoms with Crippen LogP contribution >= 0.6 is 11.9 Å². The second-order valence-corrected chi connectivity index (χ2v) is 10.3. The van der Waals surface area contributed by atoms with Crippen molar-refractivity contribution in [3.05, 3.63) is 88.5 Å². The third-order valence-electron chi connectivity index (χ3n) is 7.22. The number of aryl methyl sites for hydroxylation is 3. The molecule has 1 aliphatic carbocycles. The first-order valence-electron chi connectivity index (χ1n) is 11.5. The molecule has 1 aliphatic heterocycles. The van der Waals surface area contributed by atoms with Crippen molar-refractivity contribution in [3.8, 4) is 0 Å². The van der Waals surface area contributed by atoms with Gasteiger partial charge in [0.25, 0.3) is 0 Å². The summed E-state index contributed by atoms with van der Waals surface area (Å²) >= 11 is 1.72. The predicted octanol–water partition coefficient (Wildman–Crippen LogP) is 7.65. The highest BCUT2D eigenvalue weighted by atomic mass is 32.2. The summed E-state index contributed by atoms with van der Waals surface area (Å²) in [5.74, 6) is 1.43. The number of fused-ring (bicyclic) bond motifs is 3. The van der Waals surface area contributed by atoms with E-state index in [0.717, 1.165) is 12.3 Å². The molecule has 3 heteroatoms. The Morgan fingerprint density at radius 2 is 1.74 bits per heavy atom. The number of rotatable bonds is 5. The van der Waals surface area contributed by atoms with Gasteiger partial charge in [0.2, 0.25) is 0 Å². The van der Waals surface area contributed by atoms with Gasteiger partial charge in [-0.3, -0.25) is 0 Å². The molecule has 0 saturated heterocycles. The van der Waals surface area contributed by atoms with Crippen LogP contribution in [-0.4, -0.2) is 6.04 Å². The Morgan fingerprint density at radius 1 is 0.903 bits per heavy atom. The van der Waals surface area contributed by atoms with E-state index in [-0.39, 0.29) is 0 Å². The maximum Gasteiger partial charge on any atom is 0.0445 e. The quantitative estimate of drug-likeness (QED) is 0.408. The summed E-state index contributed by atoms with van der Waals surface area (Å²) in [4.78, 5) is 1.29. The van der Waals surface area contributed by atoms with Crippen molar-refractivity contribution in [3.63, 3.8) is 0 Å². The highest BCUT2D eigenvalue weighted by Gasteiger charge is 2.39. The summed E-state index contributed by atoms with van der Waals surface area (Å²) < 4.78 is 3.54. The lowest BCUT2D eigenvalue weighted by Crippen LogP contribution is -2.37. The molecule has 3 unspecified atom stereocenters. The van der Waals surface area contributed by atoms with Gasteiger partial charge in [0, 0.05) is 22.3 Å². The molecule has 2 nitrogen and oxygen atoms in total. The monoisotopic (exact) mass is 428 g/mol. The average Bonchev–Trinajstić information content (AvgIpc) is 3.27. The largest absolute Gasteiger partial charge is 0.381 e. The maximum atomic E-state index is 3.92. The van der Waals surface area contributed by atoms with Crippen LogP contribution in [0, 0.1) is 26.7 Å². The van der Waals surface area contributed by atoms with E-state index < -0.39 is 0 Å². The van der Waals surface area contributed by atoms with Gasteiger partial charge in [-0.2, -0.15) is 0 Å². The fourth-order valence-corrected chi connectivity index (χ4v) is 5.99. The van der Waals surface area contributed by atoms with Gasteiger partial charge in [0.1, 0.15) is 0 Å². The minimum Gasteiger partial charge on any atom is -0.381 e. The van der Waals surface area contributed by atoms with E-state index in [4.69, 9.17) is 0 Å². The van der Waals surface area contributed by atoms with Crippen molar-refractivity contribution in [2.75, 3.05) is 10.0 Å². The Balaban J connectivity index is 1.33. The zero-order chi connectivity index (χ0) is 21.4. The van der Waals surface area contributed by atoms with Crippen molar-refractivity contribution in [1.82, 2.24) is 0 Å². The highest BCUT2D eigenvalue weighted by Crippen LogP contribution is 2.49. The zero-order valence-corrected chi connectivity index (χ0v) is 19.6. The van der Waals surface area contributed by atoms with Gasteiger partial charge in [-0.15, -0.1) is 0 Å². The molecule has 0 spiro atoms. The Bertz CT molecular complexity index is 1070. The lowest BCUT2D eigenvalue weighted by atomic mass is 9.78. The molecular formula is C28H32N2S. The topological polar surface area (TPSA) is 24.1 Å². The Kier molecular flexibility index (Phi) is 5.71. The van der Waals surface area contributed by atoms with Crippen LogP contribution in [0.4, 0.5) is 11.4 Å². The minimum atomic E-state index is 0.537. The van der Waals surface area contributed by atoms with Crippen LogP contribution in [0.15, 0.2) is 65.6 Å². The highest BCUT2D eigenvalue weighted by molar-refractivity contribution is 8.00. The summed E-state index contributed by atoms with van der Waals surface area (Å²) in [5.41, 5.74) is 9.48. The van der Waals surface area contributed by atoms with Gasteiger partial charge in [0.05, 0.1) is 0 Å². The lowest BCUT2D eigenvalue weighted by molar-refractivity contribution is 0.395. The molecule has 3 atom stereocenters. The molecule has 0 radical (unpaired) electrons. The van der Waals surface area contributed by atoms with E-state index in [1.54, 1.807) is 11.9 Å². The second-order valence-electron chi connectivity index (χ2n) is 9.39. The maximum absolute atomic E-state index is 3.92. The van der Waals surface area contributed by atoms with Crippen LogP contribution in [0.25, 0.3) is 0 Å². The van der Waals surface area contributed by atoms with Gasteiger partial charge in [-0.25, -0.2) is 0 Å². The number of anilines is 2. The summed E-state index contributed by atoms with van der Waals surface area (Å²) in [6.45, 7) is 6.49. The molecule has 2 aliphatic rings. The molecule has 3 aromatic carbocycles. The van der Waals surface area contributed by atoms with E-state index in [2.05, 4.69) is 91.5 Å². The Hall–Kier alpha value is -2.39. The molecule has 2 N–H and O–H groups in total. The number of hydrogen-bond acceptors (Lipinski definition) is 3. The predicted molar refractivity (Wildman–Crippen MR) is 134 cm³/mol. The second kappa shape index (κ2) is 8.63. The van der Waals surface area contributed by atoms with Crippen molar-refractivity contribution < 1.29 is 0 Å². The van der Waals surface area contributed by atoms with Gasteiger partial charge >= 0.3 is 0 Å². The molecule has 31 heavy (non-hydrogen) atoms. The third kappa shape index (κ3) is 4.34. The number of nitrogens with one attached hydrogen (secondary N) is 2. The van der Waals surface area contributed by atoms with Gasteiger partial charge in [-0.1, -0.05) is 42.3 Å². The van der Waals surface area contributed by atoms with Gasteiger partial charge in [0.15, 0.2) is 0 Å². The standard InChI is InChI=1S/C28H32N2S/c1-18-7-10-21(11-8-18)16-28-25-6-4-5-24(25)26-17-23(13-14-27(26)29-28)31-30-22-12-9-19(2)20(3)15-22/h7-15,17,24-25,28-30H,4-6,16H2,1-3H3. The summed E-state index contributed by atoms with van der Waals surface area (Å²) in [7, 11) is 0. The van der Waals surface area contributed by atoms with Crippen LogP contribution in [0.2, 0.25) is 0 Å². The van der Waals surface area contributed by atoms with E-state index in [1.807, 2.05) is 0 Å². The normalized spacial score (nSPS) is 21.8. The van der Waals surface area contributed by atoms with E-state index in [9.17, 15) is 0 Å². The third-order valence-corrected chi connectivity index (χ3v) is 8.05. The molecule has 160 valence electrons. The van der Waals surface area contributed by atoms with Gasteiger partial charge in [-0.05, 0) is 116 Å². The van der Waals surface area contributed by atoms with Crippen molar-refractivity contribution >= 4 is 23.3 Å². The van der Waals surface area contributed by atoms with Crippen LogP contribution < -0.4 is 10.0 Å². The SMILES string of the molecule is Cc1ccc(CC2Nc3ccc(SNc4ccc(C)c(C)c4)cc3C3CCCC23)cc1. The summed E-state index contributed by atoms with van der Waals surface area (Å²) in [6, 6.07) is 23.2. The molecule has 5 rings (SSSR count).